The van der Waals surface area contributed by atoms with Gasteiger partial charge >= 0.3 is 0 Å². The Morgan fingerprint density at radius 1 is 1.09 bits per heavy atom. The van der Waals surface area contributed by atoms with Crippen molar-refractivity contribution in [2.75, 3.05) is 13.1 Å². The van der Waals surface area contributed by atoms with Gasteiger partial charge in [-0.05, 0) is 24.3 Å². The van der Waals surface area contributed by atoms with Crippen molar-refractivity contribution in [3.05, 3.63) is 60.3 Å². The summed E-state index contributed by atoms with van der Waals surface area (Å²) in [5, 5.41) is 3.62. The van der Waals surface area contributed by atoms with E-state index in [2.05, 4.69) is 15.3 Å². The second-order valence-electron chi connectivity index (χ2n) is 4.83. The van der Waals surface area contributed by atoms with Gasteiger partial charge in [-0.15, -0.1) is 0 Å². The first kappa shape index (κ1) is 14.2. The van der Waals surface area contributed by atoms with Crippen LogP contribution < -0.4 is 11.1 Å². The van der Waals surface area contributed by atoms with Crippen LogP contribution >= 0.6 is 0 Å². The smallest absolute Gasteiger partial charge is 0.252 e. The van der Waals surface area contributed by atoms with Gasteiger partial charge in [-0.1, -0.05) is 24.3 Å². The molecular weight excluding hydrogens is 276 g/mol. The molecule has 3 aromatic rings. The van der Waals surface area contributed by atoms with Crippen molar-refractivity contribution in [2.45, 2.75) is 0 Å². The third kappa shape index (κ3) is 2.80. The zero-order chi connectivity index (χ0) is 15.4. The number of carbonyl (C=O) groups is 1. The molecule has 5 heteroatoms. The summed E-state index contributed by atoms with van der Waals surface area (Å²) in [4.78, 5) is 21.3. The van der Waals surface area contributed by atoms with Crippen LogP contribution in [0.25, 0.3) is 22.3 Å². The molecule has 0 aliphatic heterocycles. The van der Waals surface area contributed by atoms with Crippen LogP contribution in [0.4, 0.5) is 0 Å². The molecule has 3 rings (SSSR count). The van der Waals surface area contributed by atoms with E-state index in [-0.39, 0.29) is 5.91 Å². The molecule has 0 unspecified atom stereocenters. The predicted molar refractivity (Wildman–Crippen MR) is 86.4 cm³/mol. The lowest BCUT2D eigenvalue weighted by atomic mass is 10.1. The summed E-state index contributed by atoms with van der Waals surface area (Å²) in [6.07, 6.45) is 1.71. The number of hydrogen-bond donors (Lipinski definition) is 2. The van der Waals surface area contributed by atoms with Crippen LogP contribution in [0.5, 0.6) is 0 Å². The van der Waals surface area contributed by atoms with Crippen LogP contribution in [0.2, 0.25) is 0 Å². The lowest BCUT2D eigenvalue weighted by Crippen LogP contribution is -2.29. The fraction of sp³-hybridized carbons (Fsp3) is 0.118. The van der Waals surface area contributed by atoms with Crippen molar-refractivity contribution in [3.63, 3.8) is 0 Å². The number of para-hydroxylation sites is 1. The van der Waals surface area contributed by atoms with E-state index in [1.807, 2.05) is 42.5 Å². The van der Waals surface area contributed by atoms with Crippen LogP contribution in [-0.4, -0.2) is 29.0 Å². The number of carbonyl (C=O) groups excluding carboxylic acids is 1. The number of nitrogens with zero attached hydrogens (tertiary/aromatic N) is 2. The molecule has 5 nitrogen and oxygen atoms in total. The molecule has 3 N–H and O–H groups in total. The minimum atomic E-state index is -0.152. The molecule has 0 fully saturated rings. The van der Waals surface area contributed by atoms with E-state index in [9.17, 15) is 4.79 Å². The van der Waals surface area contributed by atoms with Gasteiger partial charge in [-0.3, -0.25) is 9.78 Å². The molecule has 0 aliphatic rings. The fourth-order valence-corrected chi connectivity index (χ4v) is 2.29. The fourth-order valence-electron chi connectivity index (χ4n) is 2.29. The maximum Gasteiger partial charge on any atom is 0.252 e. The normalized spacial score (nSPS) is 10.6. The number of benzene rings is 1. The van der Waals surface area contributed by atoms with Crippen molar-refractivity contribution in [1.82, 2.24) is 15.3 Å². The van der Waals surface area contributed by atoms with Crippen molar-refractivity contribution < 1.29 is 4.79 Å². The molecule has 0 saturated carbocycles. The van der Waals surface area contributed by atoms with Crippen LogP contribution in [0.1, 0.15) is 10.4 Å². The number of aromatic nitrogens is 2. The number of pyridine rings is 2. The molecule has 0 aliphatic carbocycles. The van der Waals surface area contributed by atoms with Gasteiger partial charge < -0.3 is 11.1 Å². The van der Waals surface area contributed by atoms with E-state index in [4.69, 9.17) is 5.73 Å². The zero-order valence-corrected chi connectivity index (χ0v) is 12.0. The monoisotopic (exact) mass is 292 g/mol. The van der Waals surface area contributed by atoms with Gasteiger partial charge in [0.1, 0.15) is 0 Å². The Labute approximate surface area is 128 Å². The lowest BCUT2D eigenvalue weighted by Gasteiger charge is -2.09. The topological polar surface area (TPSA) is 80.9 Å². The molecule has 2 heterocycles. The highest BCUT2D eigenvalue weighted by Gasteiger charge is 2.13. The van der Waals surface area contributed by atoms with Crippen LogP contribution in [-0.2, 0) is 0 Å². The predicted octanol–water partition coefficient (Wildman–Crippen LogP) is 1.99. The van der Waals surface area contributed by atoms with Crippen molar-refractivity contribution in [1.29, 1.82) is 0 Å². The van der Waals surface area contributed by atoms with Gasteiger partial charge in [0.2, 0.25) is 0 Å². The summed E-state index contributed by atoms with van der Waals surface area (Å²) in [6, 6.07) is 15.0. The zero-order valence-electron chi connectivity index (χ0n) is 12.0. The molecule has 1 aromatic carbocycles. The quantitative estimate of drug-likeness (QED) is 0.770. The molecule has 0 spiro atoms. The lowest BCUT2D eigenvalue weighted by molar-refractivity contribution is 0.0956. The van der Waals surface area contributed by atoms with Crippen LogP contribution in [0.3, 0.4) is 0 Å². The molecule has 1 amide bonds. The maximum absolute atomic E-state index is 12.4. The van der Waals surface area contributed by atoms with Crippen LogP contribution in [0, 0.1) is 0 Å². The second-order valence-corrected chi connectivity index (χ2v) is 4.83. The van der Waals surface area contributed by atoms with Crippen molar-refractivity contribution >= 4 is 16.8 Å². The number of fused-ring (bicyclic) bond motifs is 1. The maximum atomic E-state index is 12.4. The number of hydrogen-bond acceptors (Lipinski definition) is 4. The Morgan fingerprint density at radius 2 is 1.91 bits per heavy atom. The highest BCUT2D eigenvalue weighted by molar-refractivity contribution is 6.07. The number of nitrogens with two attached hydrogens (primary N) is 1. The second kappa shape index (κ2) is 6.32. The molecule has 2 aromatic heterocycles. The Morgan fingerprint density at radius 3 is 2.68 bits per heavy atom. The summed E-state index contributed by atoms with van der Waals surface area (Å²) in [6.45, 7) is 0.844. The summed E-state index contributed by atoms with van der Waals surface area (Å²) in [5.74, 6) is -0.152. The van der Waals surface area contributed by atoms with Gasteiger partial charge in [0.05, 0.1) is 22.5 Å². The van der Waals surface area contributed by atoms with Gasteiger partial charge in [-0.2, -0.15) is 0 Å². The Bertz CT molecular complexity index is 802. The Kier molecular flexibility index (Phi) is 4.07. The van der Waals surface area contributed by atoms with Gasteiger partial charge in [-0.25, -0.2) is 4.98 Å². The first-order chi connectivity index (χ1) is 10.8. The summed E-state index contributed by atoms with van der Waals surface area (Å²) >= 11 is 0. The molecule has 110 valence electrons. The van der Waals surface area contributed by atoms with E-state index in [0.29, 0.717) is 24.3 Å². The van der Waals surface area contributed by atoms with E-state index >= 15 is 0 Å². The largest absolute Gasteiger partial charge is 0.351 e. The first-order valence-electron chi connectivity index (χ1n) is 7.09. The van der Waals surface area contributed by atoms with Crippen LogP contribution in [0.15, 0.2) is 54.7 Å². The van der Waals surface area contributed by atoms with Gasteiger partial charge in [0.15, 0.2) is 0 Å². The number of amides is 1. The molecule has 0 bridgehead atoms. The Balaban J connectivity index is 2.14. The number of nitrogens with one attached hydrogen (secondary N) is 1. The van der Waals surface area contributed by atoms with Gasteiger partial charge in [0, 0.05) is 24.7 Å². The third-order valence-corrected chi connectivity index (χ3v) is 3.32. The molecule has 22 heavy (non-hydrogen) atoms. The minimum absolute atomic E-state index is 0.152. The van der Waals surface area contributed by atoms with E-state index in [0.717, 1.165) is 16.6 Å². The molecule has 0 radical (unpaired) electrons. The minimum Gasteiger partial charge on any atom is -0.351 e. The summed E-state index contributed by atoms with van der Waals surface area (Å²) in [7, 11) is 0. The Hall–Kier alpha value is -2.79. The molecule has 0 saturated heterocycles. The number of rotatable bonds is 4. The average molecular weight is 292 g/mol. The van der Waals surface area contributed by atoms with E-state index in [1.165, 1.54) is 0 Å². The standard InChI is InChI=1S/C17H16N4O/c18-8-10-20-17(22)13-11-16(15-7-3-4-9-19-15)21-14-6-2-1-5-12(13)14/h1-7,9,11H,8,10,18H2,(H,20,22). The first-order valence-corrected chi connectivity index (χ1v) is 7.09. The summed E-state index contributed by atoms with van der Waals surface area (Å²) in [5.41, 5.74) is 8.22. The summed E-state index contributed by atoms with van der Waals surface area (Å²) < 4.78 is 0. The molecular formula is C17H16N4O. The third-order valence-electron chi connectivity index (χ3n) is 3.32. The average Bonchev–Trinajstić information content (AvgIpc) is 2.59. The highest BCUT2D eigenvalue weighted by Crippen LogP contribution is 2.23. The van der Waals surface area contributed by atoms with Crippen molar-refractivity contribution in [3.8, 4) is 11.4 Å². The van der Waals surface area contributed by atoms with Gasteiger partial charge in [0.25, 0.3) is 5.91 Å². The van der Waals surface area contributed by atoms with E-state index in [1.54, 1.807) is 12.3 Å². The van der Waals surface area contributed by atoms with Crippen molar-refractivity contribution in [2.24, 2.45) is 5.73 Å². The molecule has 0 atom stereocenters. The van der Waals surface area contributed by atoms with E-state index < -0.39 is 0 Å². The highest BCUT2D eigenvalue weighted by atomic mass is 16.1. The SMILES string of the molecule is NCCNC(=O)c1cc(-c2ccccn2)nc2ccccc12.